The van der Waals surface area contributed by atoms with Gasteiger partial charge in [0.05, 0.1) is 14.2 Å². The molecule has 0 fully saturated rings. The summed E-state index contributed by atoms with van der Waals surface area (Å²) in [6.45, 7) is 0.299. The van der Waals surface area contributed by atoms with Crippen molar-refractivity contribution in [3.63, 3.8) is 0 Å². The maximum atomic E-state index is 8.69. The minimum absolute atomic E-state index is 0.299. The van der Waals surface area contributed by atoms with Crippen molar-refractivity contribution in [2.45, 2.75) is 32.1 Å². The maximum Gasteiger partial charge on any atom is 0.122 e. The predicted molar refractivity (Wildman–Crippen MR) is 68.8 cm³/mol. The molecule has 0 saturated carbocycles. The minimum atomic E-state index is 0.299. The van der Waals surface area contributed by atoms with Gasteiger partial charge < -0.3 is 14.6 Å². The van der Waals surface area contributed by atoms with Crippen molar-refractivity contribution < 1.29 is 14.6 Å². The van der Waals surface area contributed by atoms with E-state index in [4.69, 9.17) is 14.6 Å². The summed E-state index contributed by atoms with van der Waals surface area (Å²) in [5, 5.41) is 8.69. The van der Waals surface area contributed by atoms with Gasteiger partial charge in [0.15, 0.2) is 0 Å². The Balaban J connectivity index is 2.46. The van der Waals surface area contributed by atoms with Gasteiger partial charge in [-0.1, -0.05) is 12.8 Å². The van der Waals surface area contributed by atoms with Crippen LogP contribution in [0.3, 0.4) is 0 Å². The molecule has 1 aromatic rings. The molecule has 0 aliphatic heterocycles. The number of unbranched alkanes of at least 4 members (excludes halogenated alkanes) is 3. The number of rotatable bonds is 8. The van der Waals surface area contributed by atoms with Crippen LogP contribution in [0.5, 0.6) is 11.5 Å². The third kappa shape index (κ3) is 5.09. The summed E-state index contributed by atoms with van der Waals surface area (Å²) < 4.78 is 10.5. The maximum absolute atomic E-state index is 8.69. The molecule has 0 aliphatic rings. The summed E-state index contributed by atoms with van der Waals surface area (Å²) in [5.41, 5.74) is 1.24. The Morgan fingerprint density at radius 3 is 2.00 bits per heavy atom. The van der Waals surface area contributed by atoms with Gasteiger partial charge in [-0.3, -0.25) is 0 Å². The zero-order valence-electron chi connectivity index (χ0n) is 10.7. The van der Waals surface area contributed by atoms with Gasteiger partial charge in [0, 0.05) is 12.7 Å². The molecule has 17 heavy (non-hydrogen) atoms. The van der Waals surface area contributed by atoms with Crippen LogP contribution in [0.2, 0.25) is 0 Å². The highest BCUT2D eigenvalue weighted by Gasteiger charge is 2.01. The van der Waals surface area contributed by atoms with Crippen LogP contribution in [0.1, 0.15) is 31.2 Å². The third-order valence-corrected chi connectivity index (χ3v) is 2.78. The average Bonchev–Trinajstić information content (AvgIpc) is 2.38. The van der Waals surface area contributed by atoms with Crippen LogP contribution < -0.4 is 9.47 Å². The number of methoxy groups -OCH3 is 2. The van der Waals surface area contributed by atoms with E-state index in [1.807, 2.05) is 6.07 Å². The number of aliphatic hydroxyl groups is 1. The first-order valence-electron chi connectivity index (χ1n) is 6.13. The molecule has 3 nitrogen and oxygen atoms in total. The molecule has 0 spiro atoms. The Bertz CT molecular complexity index is 301. The molecule has 3 heteroatoms. The molecule has 0 radical (unpaired) electrons. The van der Waals surface area contributed by atoms with Gasteiger partial charge in [-0.2, -0.15) is 0 Å². The normalized spacial score (nSPS) is 10.3. The molecule has 0 unspecified atom stereocenters. The molecule has 0 bridgehead atoms. The lowest BCUT2D eigenvalue weighted by Crippen LogP contribution is -1.92. The first kappa shape index (κ1) is 13.8. The van der Waals surface area contributed by atoms with Crippen molar-refractivity contribution in [3.8, 4) is 11.5 Å². The van der Waals surface area contributed by atoms with E-state index in [1.54, 1.807) is 14.2 Å². The largest absolute Gasteiger partial charge is 0.497 e. The molecule has 0 aliphatic carbocycles. The van der Waals surface area contributed by atoms with Gasteiger partial charge in [-0.05, 0) is 37.0 Å². The Morgan fingerprint density at radius 1 is 0.882 bits per heavy atom. The average molecular weight is 238 g/mol. The molecular formula is C14H22O3. The Hall–Kier alpha value is -1.22. The molecule has 0 aromatic heterocycles. The molecule has 96 valence electrons. The summed E-state index contributed by atoms with van der Waals surface area (Å²) >= 11 is 0. The Morgan fingerprint density at radius 2 is 1.47 bits per heavy atom. The van der Waals surface area contributed by atoms with Crippen LogP contribution >= 0.6 is 0 Å². The lowest BCUT2D eigenvalue weighted by Gasteiger charge is -2.08. The molecule has 0 saturated heterocycles. The molecule has 1 N–H and O–H groups in total. The summed E-state index contributed by atoms with van der Waals surface area (Å²) in [4.78, 5) is 0. The molecular weight excluding hydrogens is 216 g/mol. The van der Waals surface area contributed by atoms with Gasteiger partial charge in [-0.15, -0.1) is 0 Å². The molecule has 0 atom stereocenters. The monoisotopic (exact) mass is 238 g/mol. The zero-order chi connectivity index (χ0) is 12.5. The Labute approximate surface area is 103 Å². The Kier molecular flexibility index (Phi) is 6.48. The fourth-order valence-electron chi connectivity index (χ4n) is 1.81. The number of hydrogen-bond donors (Lipinski definition) is 1. The van der Waals surface area contributed by atoms with Gasteiger partial charge >= 0.3 is 0 Å². The van der Waals surface area contributed by atoms with E-state index in [9.17, 15) is 0 Å². The van der Waals surface area contributed by atoms with Crippen molar-refractivity contribution >= 4 is 0 Å². The van der Waals surface area contributed by atoms with Gasteiger partial charge in [0.1, 0.15) is 11.5 Å². The topological polar surface area (TPSA) is 38.7 Å². The number of aryl methyl sites for hydroxylation is 1. The summed E-state index contributed by atoms with van der Waals surface area (Å²) in [6.07, 6.45) is 5.31. The van der Waals surface area contributed by atoms with Crippen molar-refractivity contribution in [3.05, 3.63) is 23.8 Å². The van der Waals surface area contributed by atoms with E-state index in [2.05, 4.69) is 12.1 Å². The van der Waals surface area contributed by atoms with Crippen LogP contribution in [-0.4, -0.2) is 25.9 Å². The smallest absolute Gasteiger partial charge is 0.122 e. The minimum Gasteiger partial charge on any atom is -0.497 e. The molecule has 1 aromatic carbocycles. The van der Waals surface area contributed by atoms with Crippen LogP contribution in [0.15, 0.2) is 18.2 Å². The molecule has 1 rings (SSSR count). The summed E-state index contributed by atoms with van der Waals surface area (Å²) in [6, 6.07) is 5.98. The second-order valence-corrected chi connectivity index (χ2v) is 4.11. The van der Waals surface area contributed by atoms with Crippen molar-refractivity contribution in [2.24, 2.45) is 0 Å². The predicted octanol–water partition coefficient (Wildman–Crippen LogP) is 2.80. The highest BCUT2D eigenvalue weighted by molar-refractivity contribution is 5.38. The lowest BCUT2D eigenvalue weighted by atomic mass is 10.1. The zero-order valence-corrected chi connectivity index (χ0v) is 10.7. The number of hydrogen-bond acceptors (Lipinski definition) is 3. The van der Waals surface area contributed by atoms with Crippen LogP contribution in [0.4, 0.5) is 0 Å². The lowest BCUT2D eigenvalue weighted by molar-refractivity contribution is 0.282. The van der Waals surface area contributed by atoms with E-state index in [-0.39, 0.29) is 0 Å². The third-order valence-electron chi connectivity index (χ3n) is 2.78. The van der Waals surface area contributed by atoms with Gasteiger partial charge in [0.2, 0.25) is 0 Å². The van der Waals surface area contributed by atoms with Gasteiger partial charge in [-0.25, -0.2) is 0 Å². The molecule has 0 heterocycles. The second kappa shape index (κ2) is 7.96. The fourth-order valence-corrected chi connectivity index (χ4v) is 1.81. The first-order chi connectivity index (χ1) is 8.30. The number of aliphatic hydroxyl groups excluding tert-OH is 1. The SMILES string of the molecule is COc1cc(CCCCCCO)cc(OC)c1. The fraction of sp³-hybridized carbons (Fsp3) is 0.571. The standard InChI is InChI=1S/C14H22O3/c1-16-13-9-12(10-14(11-13)17-2)7-5-3-4-6-8-15/h9-11,15H,3-8H2,1-2H3. The van der Waals surface area contributed by atoms with Crippen molar-refractivity contribution in [1.82, 2.24) is 0 Å². The van der Waals surface area contributed by atoms with Crippen molar-refractivity contribution in [1.29, 1.82) is 0 Å². The number of benzene rings is 1. The van der Waals surface area contributed by atoms with Crippen LogP contribution in [0, 0.1) is 0 Å². The van der Waals surface area contributed by atoms with Crippen molar-refractivity contribution in [2.75, 3.05) is 20.8 Å². The van der Waals surface area contributed by atoms with E-state index < -0.39 is 0 Å². The summed E-state index contributed by atoms with van der Waals surface area (Å²) in [7, 11) is 3.33. The van der Waals surface area contributed by atoms with Crippen LogP contribution in [-0.2, 0) is 6.42 Å². The second-order valence-electron chi connectivity index (χ2n) is 4.11. The highest BCUT2D eigenvalue weighted by atomic mass is 16.5. The van der Waals surface area contributed by atoms with E-state index in [0.717, 1.165) is 43.6 Å². The highest BCUT2D eigenvalue weighted by Crippen LogP contribution is 2.23. The quantitative estimate of drug-likeness (QED) is 0.708. The summed E-state index contributed by atoms with van der Waals surface area (Å²) in [5.74, 6) is 1.68. The van der Waals surface area contributed by atoms with E-state index in [0.29, 0.717) is 6.61 Å². The van der Waals surface area contributed by atoms with Crippen LogP contribution in [0.25, 0.3) is 0 Å². The van der Waals surface area contributed by atoms with Gasteiger partial charge in [0.25, 0.3) is 0 Å². The first-order valence-corrected chi connectivity index (χ1v) is 6.13. The van der Waals surface area contributed by atoms with E-state index in [1.165, 1.54) is 5.56 Å². The molecule has 0 amide bonds. The number of ether oxygens (including phenoxy) is 2. The van der Waals surface area contributed by atoms with E-state index >= 15 is 0 Å².